The van der Waals surface area contributed by atoms with E-state index >= 15 is 0 Å². The Balaban J connectivity index is 1.98. The fourth-order valence-electron chi connectivity index (χ4n) is 1.27. The second-order valence-corrected chi connectivity index (χ2v) is 3.44. The molecule has 90 valence electrons. The highest BCUT2D eigenvalue weighted by Gasteiger charge is 2.03. The van der Waals surface area contributed by atoms with Crippen LogP contribution in [0.4, 0.5) is 11.5 Å². The van der Waals surface area contributed by atoms with Crippen molar-refractivity contribution in [2.24, 2.45) is 5.10 Å². The van der Waals surface area contributed by atoms with Gasteiger partial charge in [-0.05, 0) is 11.6 Å². The van der Waals surface area contributed by atoms with E-state index in [4.69, 9.17) is 0 Å². The molecule has 1 aromatic heterocycles. The van der Waals surface area contributed by atoms with Crippen molar-refractivity contribution in [2.45, 2.75) is 0 Å². The molecular formula is C12H10N4O2. The zero-order valence-electron chi connectivity index (χ0n) is 9.35. The third-order valence-electron chi connectivity index (χ3n) is 2.15. The van der Waals surface area contributed by atoms with E-state index < -0.39 is 4.92 Å². The van der Waals surface area contributed by atoms with Gasteiger partial charge in [-0.2, -0.15) is 5.10 Å². The van der Waals surface area contributed by atoms with Crippen LogP contribution in [0.25, 0.3) is 0 Å². The molecule has 18 heavy (non-hydrogen) atoms. The molecule has 1 aromatic carbocycles. The van der Waals surface area contributed by atoms with Crippen LogP contribution in [-0.2, 0) is 0 Å². The number of benzene rings is 1. The quantitative estimate of drug-likeness (QED) is 0.507. The van der Waals surface area contributed by atoms with Gasteiger partial charge in [-0.25, -0.2) is 4.98 Å². The summed E-state index contributed by atoms with van der Waals surface area (Å²) in [5.41, 5.74) is 3.60. The van der Waals surface area contributed by atoms with Gasteiger partial charge in [-0.15, -0.1) is 0 Å². The van der Waals surface area contributed by atoms with E-state index in [-0.39, 0.29) is 5.69 Å². The van der Waals surface area contributed by atoms with Crippen LogP contribution in [0.1, 0.15) is 5.56 Å². The largest absolute Gasteiger partial charge is 0.287 e. The molecule has 0 amide bonds. The molecular weight excluding hydrogens is 232 g/mol. The van der Waals surface area contributed by atoms with Crippen molar-refractivity contribution in [3.8, 4) is 0 Å². The summed E-state index contributed by atoms with van der Waals surface area (Å²) in [7, 11) is 0. The van der Waals surface area contributed by atoms with Crippen LogP contribution in [0.5, 0.6) is 0 Å². The van der Waals surface area contributed by atoms with E-state index in [1.165, 1.54) is 18.3 Å². The lowest BCUT2D eigenvalue weighted by molar-refractivity contribution is -0.385. The Morgan fingerprint density at radius 3 is 2.61 bits per heavy atom. The van der Waals surface area contributed by atoms with E-state index in [1.54, 1.807) is 6.21 Å². The third-order valence-corrected chi connectivity index (χ3v) is 2.15. The molecule has 6 nitrogen and oxygen atoms in total. The molecule has 2 aromatic rings. The van der Waals surface area contributed by atoms with Gasteiger partial charge in [-0.3, -0.25) is 15.5 Å². The predicted molar refractivity (Wildman–Crippen MR) is 68.6 cm³/mol. The first-order valence-electron chi connectivity index (χ1n) is 5.20. The molecule has 0 bridgehead atoms. The van der Waals surface area contributed by atoms with Crippen LogP contribution in [0.2, 0.25) is 0 Å². The lowest BCUT2D eigenvalue weighted by Gasteiger charge is -1.98. The van der Waals surface area contributed by atoms with Gasteiger partial charge in [0.1, 0.15) is 12.0 Å². The first-order chi connectivity index (χ1) is 8.75. The molecule has 0 atom stereocenters. The molecule has 0 spiro atoms. The Hall–Kier alpha value is -2.76. The molecule has 0 aliphatic rings. The van der Waals surface area contributed by atoms with Gasteiger partial charge in [0.25, 0.3) is 5.69 Å². The number of nitro groups is 1. The topological polar surface area (TPSA) is 80.4 Å². The molecule has 0 fully saturated rings. The van der Waals surface area contributed by atoms with Crippen LogP contribution < -0.4 is 5.43 Å². The van der Waals surface area contributed by atoms with Crippen LogP contribution in [0.3, 0.4) is 0 Å². The number of anilines is 1. The second-order valence-electron chi connectivity index (χ2n) is 3.44. The Labute approximate surface area is 103 Å². The summed E-state index contributed by atoms with van der Waals surface area (Å²) >= 11 is 0. The second kappa shape index (κ2) is 5.53. The molecule has 0 aliphatic carbocycles. The Kier molecular flexibility index (Phi) is 3.60. The maximum Gasteiger partial charge on any atom is 0.287 e. The zero-order valence-corrected chi connectivity index (χ0v) is 9.35. The van der Waals surface area contributed by atoms with Crippen LogP contribution in [-0.4, -0.2) is 16.1 Å². The van der Waals surface area contributed by atoms with Crippen molar-refractivity contribution in [1.82, 2.24) is 4.98 Å². The Bertz CT molecular complexity index is 552. The van der Waals surface area contributed by atoms with E-state index in [1.807, 2.05) is 30.3 Å². The zero-order chi connectivity index (χ0) is 12.8. The maximum atomic E-state index is 10.4. The molecule has 0 radical (unpaired) electrons. The average molecular weight is 242 g/mol. The summed E-state index contributed by atoms with van der Waals surface area (Å²) < 4.78 is 0. The molecule has 1 heterocycles. The van der Waals surface area contributed by atoms with Crippen molar-refractivity contribution >= 4 is 17.7 Å². The lowest BCUT2D eigenvalue weighted by atomic mass is 10.2. The van der Waals surface area contributed by atoms with Gasteiger partial charge in [0.05, 0.1) is 11.1 Å². The van der Waals surface area contributed by atoms with Gasteiger partial charge in [-0.1, -0.05) is 30.3 Å². The van der Waals surface area contributed by atoms with E-state index in [2.05, 4.69) is 15.5 Å². The fourth-order valence-corrected chi connectivity index (χ4v) is 1.27. The van der Waals surface area contributed by atoms with Gasteiger partial charge < -0.3 is 0 Å². The van der Waals surface area contributed by atoms with Crippen molar-refractivity contribution in [3.05, 3.63) is 64.3 Å². The number of hydrogen-bond acceptors (Lipinski definition) is 5. The van der Waals surface area contributed by atoms with Crippen molar-refractivity contribution < 1.29 is 4.92 Å². The van der Waals surface area contributed by atoms with Crippen molar-refractivity contribution in [1.29, 1.82) is 0 Å². The standard InChI is InChI=1S/C12H10N4O2/c17-16(18)11-6-7-12(13-9-11)15-14-8-10-4-2-1-3-5-10/h1-9H,(H,13,15)/b14-8-. The van der Waals surface area contributed by atoms with Crippen molar-refractivity contribution in [2.75, 3.05) is 5.43 Å². The first-order valence-corrected chi connectivity index (χ1v) is 5.20. The molecule has 0 aliphatic heterocycles. The Morgan fingerprint density at radius 1 is 1.22 bits per heavy atom. The van der Waals surface area contributed by atoms with Crippen LogP contribution in [0, 0.1) is 10.1 Å². The number of nitrogens with one attached hydrogen (secondary N) is 1. The predicted octanol–water partition coefficient (Wildman–Crippen LogP) is 2.44. The lowest BCUT2D eigenvalue weighted by Crippen LogP contribution is -1.94. The van der Waals surface area contributed by atoms with Gasteiger partial charge >= 0.3 is 0 Å². The SMILES string of the molecule is O=[N+]([O-])c1ccc(N/N=C\c2ccccc2)nc1. The molecule has 2 rings (SSSR count). The third kappa shape index (κ3) is 3.11. The van der Waals surface area contributed by atoms with E-state index in [0.717, 1.165) is 5.56 Å². The molecule has 0 unspecified atom stereocenters. The van der Waals surface area contributed by atoms with E-state index in [9.17, 15) is 10.1 Å². The summed E-state index contributed by atoms with van der Waals surface area (Å²) in [5.74, 6) is 0.452. The van der Waals surface area contributed by atoms with E-state index in [0.29, 0.717) is 5.82 Å². The minimum Gasteiger partial charge on any atom is -0.261 e. The maximum absolute atomic E-state index is 10.4. The fraction of sp³-hybridized carbons (Fsp3) is 0. The number of pyridine rings is 1. The van der Waals surface area contributed by atoms with Gasteiger partial charge in [0.2, 0.25) is 0 Å². The molecule has 1 N–H and O–H groups in total. The highest BCUT2D eigenvalue weighted by atomic mass is 16.6. The number of rotatable bonds is 4. The van der Waals surface area contributed by atoms with Gasteiger partial charge in [0, 0.05) is 6.07 Å². The highest BCUT2D eigenvalue weighted by Crippen LogP contribution is 2.11. The number of hydrazone groups is 1. The minimum atomic E-state index is -0.496. The summed E-state index contributed by atoms with van der Waals surface area (Å²) in [6, 6.07) is 12.4. The molecule has 0 saturated heterocycles. The number of hydrogen-bond donors (Lipinski definition) is 1. The van der Waals surface area contributed by atoms with Crippen LogP contribution in [0.15, 0.2) is 53.8 Å². The molecule has 6 heteroatoms. The number of aromatic nitrogens is 1. The smallest absolute Gasteiger partial charge is 0.261 e. The minimum absolute atomic E-state index is 0.0485. The first kappa shape index (κ1) is 11.7. The molecule has 0 saturated carbocycles. The summed E-state index contributed by atoms with van der Waals surface area (Å²) in [6.07, 6.45) is 2.82. The summed E-state index contributed by atoms with van der Waals surface area (Å²) in [4.78, 5) is 13.8. The Morgan fingerprint density at radius 2 is 2.00 bits per heavy atom. The van der Waals surface area contributed by atoms with Gasteiger partial charge in [0.15, 0.2) is 0 Å². The average Bonchev–Trinajstić information content (AvgIpc) is 2.40. The summed E-state index contributed by atoms with van der Waals surface area (Å²) in [5, 5.41) is 14.4. The monoisotopic (exact) mass is 242 g/mol. The van der Waals surface area contributed by atoms with Crippen molar-refractivity contribution in [3.63, 3.8) is 0 Å². The summed E-state index contributed by atoms with van der Waals surface area (Å²) in [6.45, 7) is 0. The van der Waals surface area contributed by atoms with Crippen LogP contribution >= 0.6 is 0 Å². The number of nitrogens with zero attached hydrogens (tertiary/aromatic N) is 3. The highest BCUT2D eigenvalue weighted by molar-refractivity contribution is 5.79. The normalized spacial score (nSPS) is 10.4.